The van der Waals surface area contributed by atoms with E-state index in [0.717, 1.165) is 21.2 Å². The van der Waals surface area contributed by atoms with E-state index in [4.69, 9.17) is 4.74 Å². The normalized spacial score (nSPS) is 13.2. The van der Waals surface area contributed by atoms with Gasteiger partial charge in [0, 0.05) is 44.4 Å². The van der Waals surface area contributed by atoms with Crippen LogP contribution in [0.2, 0.25) is 0 Å². The highest BCUT2D eigenvalue weighted by Gasteiger charge is 2.35. The van der Waals surface area contributed by atoms with E-state index in [1.807, 2.05) is 73.8 Å². The van der Waals surface area contributed by atoms with E-state index in [0.29, 0.717) is 12.8 Å². The SMILES string of the molecule is CNC(=O)C(Cc1cccs1)N(C)C(=O)C(Cc1ccc2ccccc2c1)N(C)C(=O)/C=C/CC(C)(C)NC(=O)OC(C)(C)C. The molecule has 9 nitrogen and oxygen atoms in total. The molecule has 1 aromatic heterocycles. The number of fused-ring (bicyclic) bond motifs is 1. The van der Waals surface area contributed by atoms with E-state index < -0.39 is 29.3 Å². The van der Waals surface area contributed by atoms with Crippen molar-refractivity contribution in [3.8, 4) is 0 Å². The van der Waals surface area contributed by atoms with Crippen molar-refractivity contribution in [1.82, 2.24) is 20.4 Å². The number of alkyl carbamates (subject to hydrolysis) is 1. The Morgan fingerprint density at radius 2 is 1.58 bits per heavy atom. The van der Waals surface area contributed by atoms with Gasteiger partial charge in [0.25, 0.3) is 0 Å². The van der Waals surface area contributed by atoms with Crippen LogP contribution in [0.3, 0.4) is 0 Å². The number of carbonyl (C=O) groups is 4. The largest absolute Gasteiger partial charge is 0.444 e. The fraction of sp³-hybridized carbons (Fsp3) is 0.429. The van der Waals surface area contributed by atoms with Crippen LogP contribution in [0.25, 0.3) is 10.8 Å². The molecule has 0 saturated heterocycles. The zero-order valence-electron chi connectivity index (χ0n) is 27.5. The molecule has 2 N–H and O–H groups in total. The Labute approximate surface area is 270 Å². The molecule has 3 aromatic rings. The summed E-state index contributed by atoms with van der Waals surface area (Å²) in [6, 6.07) is 16.2. The lowest BCUT2D eigenvalue weighted by molar-refractivity contribution is -0.146. The molecule has 0 aliphatic carbocycles. The van der Waals surface area contributed by atoms with Crippen LogP contribution < -0.4 is 10.6 Å². The molecule has 3 rings (SSSR count). The van der Waals surface area contributed by atoms with Crippen molar-refractivity contribution >= 4 is 45.9 Å². The maximum absolute atomic E-state index is 14.2. The van der Waals surface area contributed by atoms with Crippen molar-refractivity contribution < 1.29 is 23.9 Å². The van der Waals surface area contributed by atoms with Crippen LogP contribution in [0.5, 0.6) is 0 Å². The van der Waals surface area contributed by atoms with Gasteiger partial charge in [-0.15, -0.1) is 11.3 Å². The van der Waals surface area contributed by atoms with Gasteiger partial charge in [0.15, 0.2) is 0 Å². The maximum Gasteiger partial charge on any atom is 0.408 e. The first-order chi connectivity index (χ1) is 21.1. The molecule has 0 fully saturated rings. The molecule has 4 amide bonds. The Morgan fingerprint density at radius 3 is 2.20 bits per heavy atom. The minimum Gasteiger partial charge on any atom is -0.444 e. The molecule has 0 saturated carbocycles. The van der Waals surface area contributed by atoms with Gasteiger partial charge >= 0.3 is 6.09 Å². The van der Waals surface area contributed by atoms with Gasteiger partial charge in [-0.2, -0.15) is 0 Å². The standard InChI is InChI=1S/C35H46N4O5S/c1-34(2,3)44-33(43)37-35(4,5)19-11-16-30(40)38(7)29(22-24-17-18-25-13-9-10-14-26(25)21-24)32(42)39(8)28(31(41)36-6)23-27-15-12-20-45-27/h9-18,20-21,28-29H,19,22-23H2,1-8H3,(H,36,41)(H,37,43)/b16-11+. The highest BCUT2D eigenvalue weighted by Crippen LogP contribution is 2.21. The number of nitrogens with zero attached hydrogens (tertiary/aromatic N) is 2. The lowest BCUT2D eigenvalue weighted by atomic mass is 9.98. The van der Waals surface area contributed by atoms with Crippen LogP contribution in [-0.2, 0) is 32.0 Å². The topological polar surface area (TPSA) is 108 Å². The third-order valence-corrected chi connectivity index (χ3v) is 8.31. The Hall–Kier alpha value is -4.18. The van der Waals surface area contributed by atoms with Crippen LogP contribution in [0, 0.1) is 0 Å². The number of amides is 4. The van der Waals surface area contributed by atoms with Gasteiger partial charge in [-0.25, -0.2) is 4.79 Å². The fourth-order valence-corrected chi connectivity index (χ4v) is 5.66. The Balaban J connectivity index is 1.85. The number of hydrogen-bond donors (Lipinski definition) is 2. The minimum absolute atomic E-state index is 0.259. The summed E-state index contributed by atoms with van der Waals surface area (Å²) in [4.78, 5) is 56.8. The summed E-state index contributed by atoms with van der Waals surface area (Å²) in [5.74, 6) is -0.993. The second-order valence-electron chi connectivity index (χ2n) is 12.8. The first-order valence-corrected chi connectivity index (χ1v) is 15.9. The molecule has 0 aliphatic heterocycles. The van der Waals surface area contributed by atoms with Crippen LogP contribution >= 0.6 is 11.3 Å². The Morgan fingerprint density at radius 1 is 0.889 bits per heavy atom. The Kier molecular flexibility index (Phi) is 11.9. The van der Waals surface area contributed by atoms with Crippen molar-refractivity contribution in [2.75, 3.05) is 21.1 Å². The highest BCUT2D eigenvalue weighted by atomic mass is 32.1. The van der Waals surface area contributed by atoms with Crippen molar-refractivity contribution in [1.29, 1.82) is 0 Å². The summed E-state index contributed by atoms with van der Waals surface area (Å²) in [6.45, 7) is 9.05. The monoisotopic (exact) mass is 634 g/mol. The third-order valence-electron chi connectivity index (χ3n) is 7.41. The number of likely N-dealkylation sites (N-methyl/N-ethyl adjacent to an activating group) is 3. The summed E-state index contributed by atoms with van der Waals surface area (Å²) in [7, 11) is 4.76. The predicted octanol–water partition coefficient (Wildman–Crippen LogP) is 5.34. The summed E-state index contributed by atoms with van der Waals surface area (Å²) >= 11 is 1.52. The second kappa shape index (κ2) is 15.2. The number of ether oxygens (including phenoxy) is 1. The van der Waals surface area contributed by atoms with Gasteiger partial charge in [0.05, 0.1) is 0 Å². The number of carbonyl (C=O) groups excluding carboxylic acids is 4. The molecule has 2 aromatic carbocycles. The molecule has 0 bridgehead atoms. The molecule has 242 valence electrons. The smallest absolute Gasteiger partial charge is 0.408 e. The first kappa shape index (κ1) is 35.3. The zero-order valence-corrected chi connectivity index (χ0v) is 28.4. The van der Waals surface area contributed by atoms with E-state index in [-0.39, 0.29) is 24.1 Å². The molecule has 2 atom stereocenters. The highest BCUT2D eigenvalue weighted by molar-refractivity contribution is 7.09. The molecule has 1 heterocycles. The van der Waals surface area contributed by atoms with Gasteiger partial charge in [-0.05, 0) is 74.9 Å². The van der Waals surface area contributed by atoms with Gasteiger partial charge < -0.3 is 25.2 Å². The summed E-state index contributed by atoms with van der Waals surface area (Å²) in [5.41, 5.74) is -0.419. The van der Waals surface area contributed by atoms with Crippen molar-refractivity contribution in [2.45, 2.75) is 77.1 Å². The third kappa shape index (κ3) is 10.5. The molecule has 2 unspecified atom stereocenters. The van der Waals surface area contributed by atoms with Gasteiger partial charge in [-0.1, -0.05) is 54.6 Å². The predicted molar refractivity (Wildman–Crippen MR) is 180 cm³/mol. The number of thiophene rings is 1. The van der Waals surface area contributed by atoms with Crippen molar-refractivity contribution in [3.05, 3.63) is 82.6 Å². The quantitative estimate of drug-likeness (QED) is 0.262. The zero-order chi connectivity index (χ0) is 33.4. The molecule has 0 radical (unpaired) electrons. The van der Waals surface area contributed by atoms with Crippen molar-refractivity contribution in [2.24, 2.45) is 0 Å². The summed E-state index contributed by atoms with van der Waals surface area (Å²) in [6.07, 6.45) is 3.54. The second-order valence-corrected chi connectivity index (χ2v) is 13.9. The van der Waals surface area contributed by atoms with E-state index in [2.05, 4.69) is 10.6 Å². The number of nitrogens with one attached hydrogen (secondary N) is 2. The Bertz CT molecular complexity index is 1510. The van der Waals surface area contributed by atoms with Gasteiger partial charge in [0.2, 0.25) is 17.7 Å². The first-order valence-electron chi connectivity index (χ1n) is 15.0. The number of rotatable bonds is 12. The summed E-state index contributed by atoms with van der Waals surface area (Å²) in [5, 5.41) is 9.55. The van der Waals surface area contributed by atoms with E-state index >= 15 is 0 Å². The molecule has 0 spiro atoms. The summed E-state index contributed by atoms with van der Waals surface area (Å²) < 4.78 is 5.36. The molecule has 0 aliphatic rings. The fourth-order valence-electron chi connectivity index (χ4n) is 4.92. The van der Waals surface area contributed by atoms with Crippen LogP contribution in [0.4, 0.5) is 4.79 Å². The average molecular weight is 635 g/mol. The van der Waals surface area contributed by atoms with Crippen LogP contribution in [-0.4, -0.2) is 78.0 Å². The minimum atomic E-state index is -0.878. The van der Waals surface area contributed by atoms with Gasteiger partial charge in [-0.3, -0.25) is 14.4 Å². The van der Waals surface area contributed by atoms with Gasteiger partial charge in [0.1, 0.15) is 17.7 Å². The number of benzene rings is 2. The lowest BCUT2D eigenvalue weighted by Gasteiger charge is -2.34. The van der Waals surface area contributed by atoms with Crippen LogP contribution in [0.15, 0.2) is 72.1 Å². The van der Waals surface area contributed by atoms with Crippen LogP contribution in [0.1, 0.15) is 51.5 Å². The molecular formula is C35H46N4O5S. The lowest BCUT2D eigenvalue weighted by Crippen LogP contribution is -2.55. The van der Waals surface area contributed by atoms with Crippen molar-refractivity contribution in [3.63, 3.8) is 0 Å². The van der Waals surface area contributed by atoms with E-state index in [9.17, 15) is 19.2 Å². The molecular weight excluding hydrogens is 588 g/mol. The molecule has 10 heteroatoms. The average Bonchev–Trinajstić information content (AvgIpc) is 3.49. The van der Waals surface area contributed by atoms with E-state index in [1.54, 1.807) is 48.0 Å². The molecule has 45 heavy (non-hydrogen) atoms. The van der Waals surface area contributed by atoms with E-state index in [1.165, 1.54) is 27.2 Å². The maximum atomic E-state index is 14.2. The number of hydrogen-bond acceptors (Lipinski definition) is 6.